The van der Waals surface area contributed by atoms with Crippen LogP contribution in [0.15, 0.2) is 29.3 Å². The van der Waals surface area contributed by atoms with Gasteiger partial charge in [0.15, 0.2) is 5.96 Å². The quantitative estimate of drug-likeness (QED) is 0.461. The number of hydrogen-bond acceptors (Lipinski definition) is 3. The Morgan fingerprint density at radius 3 is 2.45 bits per heavy atom. The lowest BCUT2D eigenvalue weighted by Crippen LogP contribution is -2.46. The van der Waals surface area contributed by atoms with Crippen molar-refractivity contribution in [3.05, 3.63) is 29.8 Å². The smallest absolute Gasteiger partial charge is 0.391 e. The SMILES string of the molecule is CCNC(=NCc1ccc(N2CCC(CO)CC2)cc1)NC1CCCC(C(F)(F)F)C1. The Kier molecular flexibility index (Phi) is 8.46. The van der Waals surface area contributed by atoms with Crippen LogP contribution >= 0.6 is 0 Å². The molecule has 0 bridgehead atoms. The number of benzene rings is 1. The van der Waals surface area contributed by atoms with Gasteiger partial charge in [0.05, 0.1) is 12.5 Å². The fraction of sp³-hybridized carbons (Fsp3) is 0.696. The summed E-state index contributed by atoms with van der Waals surface area (Å²) in [6, 6.07) is 8.10. The highest BCUT2D eigenvalue weighted by Crippen LogP contribution is 2.37. The van der Waals surface area contributed by atoms with Crippen molar-refractivity contribution >= 4 is 11.6 Å². The Balaban J connectivity index is 1.55. The molecule has 1 aliphatic heterocycles. The van der Waals surface area contributed by atoms with Crippen LogP contribution in [0.3, 0.4) is 0 Å². The third kappa shape index (κ3) is 7.02. The molecule has 2 aliphatic rings. The standard InChI is InChI=1S/C23H35F3N4O/c1-2-27-22(29-20-5-3-4-19(14-20)23(24,25)26)28-15-17-6-8-21(9-7-17)30-12-10-18(16-31)11-13-30/h6-9,18-20,31H,2-5,10-16H2,1H3,(H2,27,28,29). The number of nitrogens with one attached hydrogen (secondary N) is 2. The number of alkyl halides is 3. The molecule has 2 atom stereocenters. The van der Waals surface area contributed by atoms with E-state index in [2.05, 4.69) is 44.8 Å². The Morgan fingerprint density at radius 1 is 1.13 bits per heavy atom. The van der Waals surface area contributed by atoms with Crippen LogP contribution in [0.2, 0.25) is 0 Å². The zero-order valence-corrected chi connectivity index (χ0v) is 18.3. The van der Waals surface area contributed by atoms with Gasteiger partial charge >= 0.3 is 6.18 Å². The minimum Gasteiger partial charge on any atom is -0.396 e. The zero-order valence-electron chi connectivity index (χ0n) is 18.3. The van der Waals surface area contributed by atoms with E-state index < -0.39 is 12.1 Å². The van der Waals surface area contributed by atoms with Crippen molar-refractivity contribution in [2.75, 3.05) is 31.1 Å². The number of guanidine groups is 1. The van der Waals surface area contributed by atoms with Gasteiger partial charge in [0, 0.05) is 38.0 Å². The Hall–Kier alpha value is -1.96. The Labute approximate surface area is 183 Å². The molecule has 0 radical (unpaired) electrons. The first-order chi connectivity index (χ1) is 14.9. The summed E-state index contributed by atoms with van der Waals surface area (Å²) in [7, 11) is 0. The second kappa shape index (κ2) is 11.1. The molecule has 8 heteroatoms. The summed E-state index contributed by atoms with van der Waals surface area (Å²) in [5, 5.41) is 15.7. The Morgan fingerprint density at radius 2 is 1.84 bits per heavy atom. The van der Waals surface area contributed by atoms with E-state index in [-0.39, 0.29) is 25.5 Å². The lowest BCUT2D eigenvalue weighted by atomic mass is 9.85. The van der Waals surface area contributed by atoms with Gasteiger partial charge in [-0.2, -0.15) is 13.2 Å². The lowest BCUT2D eigenvalue weighted by molar-refractivity contribution is -0.183. The fourth-order valence-corrected chi connectivity index (χ4v) is 4.49. The van der Waals surface area contributed by atoms with Crippen molar-refractivity contribution in [1.82, 2.24) is 10.6 Å². The van der Waals surface area contributed by atoms with Crippen molar-refractivity contribution in [3.63, 3.8) is 0 Å². The summed E-state index contributed by atoms with van der Waals surface area (Å²) in [5.74, 6) is -0.237. The lowest BCUT2D eigenvalue weighted by Gasteiger charge is -2.33. The molecule has 1 aliphatic carbocycles. The maximum Gasteiger partial charge on any atom is 0.391 e. The highest BCUT2D eigenvalue weighted by Gasteiger charge is 2.42. The van der Waals surface area contributed by atoms with Gasteiger partial charge in [0.2, 0.25) is 0 Å². The van der Waals surface area contributed by atoms with Gasteiger partial charge in [-0.25, -0.2) is 4.99 Å². The molecule has 1 saturated carbocycles. The van der Waals surface area contributed by atoms with Crippen LogP contribution < -0.4 is 15.5 Å². The van der Waals surface area contributed by atoms with Crippen LogP contribution in [0.4, 0.5) is 18.9 Å². The van der Waals surface area contributed by atoms with Crippen LogP contribution in [0.5, 0.6) is 0 Å². The number of aliphatic hydroxyl groups excluding tert-OH is 1. The van der Waals surface area contributed by atoms with Crippen LogP contribution in [0.25, 0.3) is 0 Å². The number of nitrogens with zero attached hydrogens (tertiary/aromatic N) is 2. The topological polar surface area (TPSA) is 59.9 Å². The molecule has 174 valence electrons. The van der Waals surface area contributed by atoms with Gasteiger partial charge in [-0.1, -0.05) is 18.6 Å². The number of aliphatic hydroxyl groups is 1. The number of rotatable bonds is 6. The van der Waals surface area contributed by atoms with Gasteiger partial charge in [-0.3, -0.25) is 0 Å². The highest BCUT2D eigenvalue weighted by molar-refractivity contribution is 5.80. The van der Waals surface area contributed by atoms with E-state index in [1.165, 1.54) is 5.69 Å². The van der Waals surface area contributed by atoms with E-state index in [0.29, 0.717) is 31.4 Å². The van der Waals surface area contributed by atoms with E-state index >= 15 is 0 Å². The predicted octanol–water partition coefficient (Wildman–Crippen LogP) is 4.07. The minimum atomic E-state index is -4.12. The third-order valence-corrected chi connectivity index (χ3v) is 6.42. The van der Waals surface area contributed by atoms with E-state index in [9.17, 15) is 18.3 Å². The second-order valence-corrected chi connectivity index (χ2v) is 8.72. The molecule has 0 amide bonds. The van der Waals surface area contributed by atoms with E-state index in [1.54, 1.807) is 0 Å². The van der Waals surface area contributed by atoms with Crippen LogP contribution in [0.1, 0.15) is 51.0 Å². The van der Waals surface area contributed by atoms with Crippen molar-refractivity contribution in [2.45, 2.75) is 64.2 Å². The minimum absolute atomic E-state index is 0.107. The summed E-state index contributed by atoms with van der Waals surface area (Å²) in [6.45, 7) is 5.26. The highest BCUT2D eigenvalue weighted by atomic mass is 19.4. The zero-order chi connectivity index (χ0) is 22.3. The van der Waals surface area contributed by atoms with Gasteiger partial charge in [-0.15, -0.1) is 0 Å². The third-order valence-electron chi connectivity index (χ3n) is 6.42. The Bertz CT molecular complexity index is 700. The fourth-order valence-electron chi connectivity index (χ4n) is 4.49. The molecule has 1 aromatic carbocycles. The largest absolute Gasteiger partial charge is 0.396 e. The molecule has 0 aromatic heterocycles. The molecule has 3 rings (SSSR count). The van der Waals surface area contributed by atoms with Crippen LogP contribution in [-0.4, -0.2) is 49.5 Å². The van der Waals surface area contributed by atoms with Crippen molar-refractivity contribution in [2.24, 2.45) is 16.8 Å². The average Bonchev–Trinajstić information content (AvgIpc) is 2.78. The molecular formula is C23H35F3N4O. The van der Waals surface area contributed by atoms with Gasteiger partial charge < -0.3 is 20.6 Å². The summed E-state index contributed by atoms with van der Waals surface area (Å²) in [6.07, 6.45) is -0.454. The summed E-state index contributed by atoms with van der Waals surface area (Å²) < 4.78 is 39.3. The summed E-state index contributed by atoms with van der Waals surface area (Å²) in [5.41, 5.74) is 2.23. The molecule has 1 heterocycles. The first kappa shape index (κ1) is 23.7. The van der Waals surface area contributed by atoms with Crippen molar-refractivity contribution in [1.29, 1.82) is 0 Å². The molecular weight excluding hydrogens is 405 g/mol. The summed E-state index contributed by atoms with van der Waals surface area (Å²) >= 11 is 0. The van der Waals surface area contributed by atoms with Gasteiger partial charge in [0.1, 0.15) is 0 Å². The molecule has 1 saturated heterocycles. The normalized spacial score (nSPS) is 23.6. The maximum atomic E-state index is 13.1. The van der Waals surface area contributed by atoms with Gasteiger partial charge in [-0.05, 0) is 62.6 Å². The number of hydrogen-bond donors (Lipinski definition) is 3. The predicted molar refractivity (Wildman–Crippen MR) is 118 cm³/mol. The molecule has 3 N–H and O–H groups in total. The molecule has 0 spiro atoms. The van der Waals surface area contributed by atoms with Crippen molar-refractivity contribution < 1.29 is 18.3 Å². The van der Waals surface area contributed by atoms with E-state index in [0.717, 1.165) is 37.9 Å². The molecule has 1 aromatic rings. The van der Waals surface area contributed by atoms with E-state index in [1.807, 2.05) is 6.92 Å². The molecule has 2 fully saturated rings. The first-order valence-corrected chi connectivity index (χ1v) is 11.4. The first-order valence-electron chi connectivity index (χ1n) is 11.4. The van der Waals surface area contributed by atoms with E-state index in [4.69, 9.17) is 0 Å². The van der Waals surface area contributed by atoms with Crippen LogP contribution in [0, 0.1) is 11.8 Å². The average molecular weight is 441 g/mol. The number of aliphatic imine (C=N–C) groups is 1. The monoisotopic (exact) mass is 440 g/mol. The number of anilines is 1. The molecule has 31 heavy (non-hydrogen) atoms. The number of halogens is 3. The summed E-state index contributed by atoms with van der Waals surface area (Å²) in [4.78, 5) is 6.94. The molecule has 2 unspecified atom stereocenters. The maximum absolute atomic E-state index is 13.1. The number of piperidine rings is 1. The van der Waals surface area contributed by atoms with Crippen LogP contribution in [-0.2, 0) is 6.54 Å². The van der Waals surface area contributed by atoms with Crippen molar-refractivity contribution in [3.8, 4) is 0 Å². The second-order valence-electron chi connectivity index (χ2n) is 8.72. The van der Waals surface area contributed by atoms with Gasteiger partial charge in [0.25, 0.3) is 0 Å². The molecule has 5 nitrogen and oxygen atoms in total.